The molecule has 0 radical (unpaired) electrons. The first-order chi connectivity index (χ1) is 9.93. The Morgan fingerprint density at radius 2 is 2.00 bits per heavy atom. The molecule has 8 heteroatoms. The standard InChI is InChI=1S/C13H13F2NO5/c14-12(15)21-9-3-1-8(2-4-9)10(17)16-13(11(18)19)5-6-20-7-13/h1-4,12H,5-7H2,(H,16,17)(H,18,19). The predicted molar refractivity (Wildman–Crippen MR) is 66.3 cm³/mol. The molecule has 1 aromatic carbocycles. The average Bonchev–Trinajstić information content (AvgIpc) is 2.88. The molecule has 0 aliphatic carbocycles. The molecule has 1 atom stereocenters. The van der Waals surface area contributed by atoms with Crippen molar-refractivity contribution in [3.8, 4) is 5.75 Å². The van der Waals surface area contributed by atoms with E-state index in [0.29, 0.717) is 0 Å². The minimum absolute atomic E-state index is 0.0845. The zero-order chi connectivity index (χ0) is 15.5. The van der Waals surface area contributed by atoms with Crippen molar-refractivity contribution in [2.45, 2.75) is 18.6 Å². The summed E-state index contributed by atoms with van der Waals surface area (Å²) in [5.74, 6) is -1.88. The van der Waals surface area contributed by atoms with Crippen molar-refractivity contribution in [2.75, 3.05) is 13.2 Å². The molecule has 1 aromatic rings. The minimum Gasteiger partial charge on any atom is -0.479 e. The van der Waals surface area contributed by atoms with Gasteiger partial charge in [-0.15, -0.1) is 0 Å². The summed E-state index contributed by atoms with van der Waals surface area (Å²) in [5, 5.41) is 11.6. The Hall–Kier alpha value is -2.22. The second-order valence-corrected chi connectivity index (χ2v) is 4.55. The number of benzene rings is 1. The number of halogens is 2. The van der Waals surface area contributed by atoms with Gasteiger partial charge in [-0.3, -0.25) is 4.79 Å². The van der Waals surface area contributed by atoms with E-state index >= 15 is 0 Å². The summed E-state index contributed by atoms with van der Waals surface area (Å²) >= 11 is 0. The Kier molecular flexibility index (Phi) is 4.37. The van der Waals surface area contributed by atoms with Crippen molar-refractivity contribution in [3.05, 3.63) is 29.8 Å². The number of carboxylic acids is 1. The maximum absolute atomic E-state index is 12.0. The number of nitrogens with one attached hydrogen (secondary N) is 1. The maximum Gasteiger partial charge on any atom is 0.387 e. The summed E-state index contributed by atoms with van der Waals surface area (Å²) in [6, 6.07) is 4.97. The van der Waals surface area contributed by atoms with E-state index in [9.17, 15) is 23.5 Å². The third-order valence-electron chi connectivity index (χ3n) is 3.13. The van der Waals surface area contributed by atoms with Gasteiger partial charge in [0.05, 0.1) is 6.61 Å². The van der Waals surface area contributed by atoms with Gasteiger partial charge in [-0.05, 0) is 24.3 Å². The van der Waals surface area contributed by atoms with Crippen LogP contribution in [0.2, 0.25) is 0 Å². The number of carbonyl (C=O) groups excluding carboxylic acids is 1. The molecule has 1 heterocycles. The summed E-state index contributed by atoms with van der Waals surface area (Å²) < 4.78 is 33.2. The van der Waals surface area contributed by atoms with Gasteiger partial charge in [-0.1, -0.05) is 0 Å². The minimum atomic E-state index is -2.95. The van der Waals surface area contributed by atoms with Gasteiger partial charge in [0.25, 0.3) is 5.91 Å². The fourth-order valence-electron chi connectivity index (χ4n) is 1.96. The SMILES string of the molecule is O=C(NC1(C(=O)O)CCOC1)c1ccc(OC(F)F)cc1. The molecule has 0 aromatic heterocycles. The van der Waals surface area contributed by atoms with E-state index in [0.717, 1.165) is 0 Å². The number of rotatable bonds is 5. The number of amides is 1. The van der Waals surface area contributed by atoms with Gasteiger partial charge in [0, 0.05) is 18.6 Å². The summed E-state index contributed by atoms with van der Waals surface area (Å²) in [6.45, 7) is -2.82. The van der Waals surface area contributed by atoms with Crippen molar-refractivity contribution in [1.29, 1.82) is 0 Å². The Morgan fingerprint density at radius 1 is 1.33 bits per heavy atom. The maximum atomic E-state index is 12.0. The predicted octanol–water partition coefficient (Wildman–Crippen LogP) is 1.26. The quantitative estimate of drug-likeness (QED) is 0.855. The van der Waals surface area contributed by atoms with Crippen LogP contribution >= 0.6 is 0 Å². The summed E-state index contributed by atoms with van der Waals surface area (Å²) in [7, 11) is 0. The van der Waals surface area contributed by atoms with Crippen molar-refractivity contribution >= 4 is 11.9 Å². The molecule has 1 amide bonds. The molecule has 1 unspecified atom stereocenters. The highest BCUT2D eigenvalue weighted by molar-refractivity contribution is 5.98. The number of alkyl halides is 2. The Labute approximate surface area is 118 Å². The van der Waals surface area contributed by atoms with Crippen LogP contribution in [-0.4, -0.2) is 42.3 Å². The lowest BCUT2D eigenvalue weighted by Gasteiger charge is -2.23. The third-order valence-corrected chi connectivity index (χ3v) is 3.13. The smallest absolute Gasteiger partial charge is 0.387 e. The van der Waals surface area contributed by atoms with Crippen LogP contribution in [0.25, 0.3) is 0 Å². The highest BCUT2D eigenvalue weighted by atomic mass is 19.3. The molecule has 1 aliphatic rings. The second-order valence-electron chi connectivity index (χ2n) is 4.55. The highest BCUT2D eigenvalue weighted by Crippen LogP contribution is 2.20. The van der Waals surface area contributed by atoms with E-state index in [2.05, 4.69) is 10.1 Å². The fraction of sp³-hybridized carbons (Fsp3) is 0.385. The molecule has 1 aliphatic heterocycles. The number of carboxylic acid groups (broad SMARTS) is 1. The average molecular weight is 301 g/mol. The molecule has 1 saturated heterocycles. The normalized spacial score (nSPS) is 21.3. The summed E-state index contributed by atoms with van der Waals surface area (Å²) in [4.78, 5) is 23.3. The molecule has 114 valence electrons. The topological polar surface area (TPSA) is 84.9 Å². The van der Waals surface area contributed by atoms with Crippen LogP contribution < -0.4 is 10.1 Å². The molecule has 21 heavy (non-hydrogen) atoms. The lowest BCUT2D eigenvalue weighted by Crippen LogP contribution is -2.55. The van der Waals surface area contributed by atoms with E-state index < -0.39 is 24.0 Å². The van der Waals surface area contributed by atoms with Gasteiger partial charge < -0.3 is 19.9 Å². The van der Waals surface area contributed by atoms with Gasteiger partial charge in [0.2, 0.25) is 0 Å². The third kappa shape index (κ3) is 3.46. The molecule has 6 nitrogen and oxygen atoms in total. The van der Waals surface area contributed by atoms with Crippen molar-refractivity contribution in [1.82, 2.24) is 5.32 Å². The first kappa shape index (κ1) is 15.2. The molecule has 2 N–H and O–H groups in total. The molecule has 0 saturated carbocycles. The zero-order valence-corrected chi connectivity index (χ0v) is 10.8. The van der Waals surface area contributed by atoms with E-state index in [1.165, 1.54) is 24.3 Å². The highest BCUT2D eigenvalue weighted by Gasteiger charge is 2.44. The zero-order valence-electron chi connectivity index (χ0n) is 10.8. The first-order valence-corrected chi connectivity index (χ1v) is 6.11. The van der Waals surface area contributed by atoms with Crippen LogP contribution in [0.3, 0.4) is 0 Å². The molecule has 0 spiro atoms. The summed E-state index contributed by atoms with van der Waals surface area (Å²) in [5.41, 5.74) is -1.31. The van der Waals surface area contributed by atoms with Crippen molar-refractivity contribution < 1.29 is 33.0 Å². The summed E-state index contributed by atoms with van der Waals surface area (Å²) in [6.07, 6.45) is 0.167. The van der Waals surface area contributed by atoms with Gasteiger partial charge in [-0.2, -0.15) is 8.78 Å². The molecule has 2 rings (SSSR count). The van der Waals surface area contributed by atoms with Crippen LogP contribution in [0.1, 0.15) is 16.8 Å². The van der Waals surface area contributed by atoms with Crippen molar-refractivity contribution in [2.24, 2.45) is 0 Å². The van der Waals surface area contributed by atoms with E-state index in [1.54, 1.807) is 0 Å². The van der Waals surface area contributed by atoms with E-state index in [1.807, 2.05) is 0 Å². The van der Waals surface area contributed by atoms with Crippen LogP contribution in [0.5, 0.6) is 5.75 Å². The lowest BCUT2D eigenvalue weighted by atomic mass is 9.98. The van der Waals surface area contributed by atoms with E-state index in [-0.39, 0.29) is 30.9 Å². The fourth-order valence-corrected chi connectivity index (χ4v) is 1.96. The van der Waals surface area contributed by atoms with Crippen LogP contribution in [0.4, 0.5) is 8.78 Å². The Bertz CT molecular complexity index is 526. The lowest BCUT2D eigenvalue weighted by molar-refractivity contribution is -0.144. The largest absolute Gasteiger partial charge is 0.479 e. The number of carbonyl (C=O) groups is 2. The Balaban J connectivity index is 2.07. The van der Waals surface area contributed by atoms with E-state index in [4.69, 9.17) is 4.74 Å². The Morgan fingerprint density at radius 3 is 2.48 bits per heavy atom. The number of aliphatic carboxylic acids is 1. The van der Waals surface area contributed by atoms with Gasteiger partial charge in [-0.25, -0.2) is 4.79 Å². The van der Waals surface area contributed by atoms with Crippen LogP contribution in [0.15, 0.2) is 24.3 Å². The molecule has 1 fully saturated rings. The molecular formula is C13H13F2NO5. The van der Waals surface area contributed by atoms with Gasteiger partial charge in [0.15, 0.2) is 5.54 Å². The van der Waals surface area contributed by atoms with Crippen LogP contribution in [0, 0.1) is 0 Å². The van der Waals surface area contributed by atoms with Gasteiger partial charge in [0.1, 0.15) is 5.75 Å². The van der Waals surface area contributed by atoms with Gasteiger partial charge >= 0.3 is 12.6 Å². The number of hydrogen-bond acceptors (Lipinski definition) is 4. The molecular weight excluding hydrogens is 288 g/mol. The van der Waals surface area contributed by atoms with Crippen molar-refractivity contribution in [3.63, 3.8) is 0 Å². The first-order valence-electron chi connectivity index (χ1n) is 6.11. The number of hydrogen-bond donors (Lipinski definition) is 2. The molecule has 0 bridgehead atoms. The number of ether oxygens (including phenoxy) is 2. The monoisotopic (exact) mass is 301 g/mol. The second kappa shape index (κ2) is 6.04. The van der Waals surface area contributed by atoms with Crippen LogP contribution in [-0.2, 0) is 9.53 Å².